The Morgan fingerprint density at radius 1 is 1.17 bits per heavy atom. The third kappa shape index (κ3) is 3.24. The molecule has 0 saturated carbocycles. The highest BCUT2D eigenvalue weighted by atomic mass is 16.2. The van der Waals surface area contributed by atoms with E-state index in [2.05, 4.69) is 49.5 Å². The number of nitrogens with zero attached hydrogens (tertiary/aromatic N) is 1. The first-order valence-electron chi connectivity index (χ1n) is 8.41. The molecule has 0 unspecified atom stereocenters. The fourth-order valence-electron chi connectivity index (χ4n) is 3.43. The average Bonchev–Trinajstić information content (AvgIpc) is 3.05. The van der Waals surface area contributed by atoms with Gasteiger partial charge in [0.1, 0.15) is 0 Å². The maximum atomic E-state index is 12.8. The second kappa shape index (κ2) is 6.86. The lowest BCUT2D eigenvalue weighted by Crippen LogP contribution is -2.34. The molecular weight excluding hydrogens is 284 g/mol. The molecule has 2 aromatic rings. The molecule has 1 aliphatic heterocycles. The van der Waals surface area contributed by atoms with Gasteiger partial charge in [-0.1, -0.05) is 49.4 Å². The van der Waals surface area contributed by atoms with E-state index in [0.717, 1.165) is 31.5 Å². The molecular formula is C20H24N2O. The van der Waals surface area contributed by atoms with Gasteiger partial charge in [0.2, 0.25) is 0 Å². The van der Waals surface area contributed by atoms with E-state index in [9.17, 15) is 4.79 Å². The van der Waals surface area contributed by atoms with E-state index in [1.807, 2.05) is 23.1 Å². The van der Waals surface area contributed by atoms with Gasteiger partial charge >= 0.3 is 6.03 Å². The maximum Gasteiger partial charge on any atom is 0.322 e. The number of benzene rings is 2. The molecule has 0 spiro atoms. The Balaban J connectivity index is 1.80. The highest BCUT2D eigenvalue weighted by Gasteiger charge is 2.30. The van der Waals surface area contributed by atoms with Crippen LogP contribution in [0.2, 0.25) is 0 Å². The Hall–Kier alpha value is -2.29. The average molecular weight is 308 g/mol. The first-order valence-corrected chi connectivity index (χ1v) is 8.41. The third-order valence-corrected chi connectivity index (χ3v) is 4.70. The predicted molar refractivity (Wildman–Crippen MR) is 94.7 cm³/mol. The Morgan fingerprint density at radius 2 is 1.91 bits per heavy atom. The molecule has 0 aromatic heterocycles. The smallest absolute Gasteiger partial charge is 0.317 e. The van der Waals surface area contributed by atoms with E-state index in [1.54, 1.807) is 0 Å². The monoisotopic (exact) mass is 308 g/mol. The summed E-state index contributed by atoms with van der Waals surface area (Å²) in [6.07, 6.45) is 3.01. The minimum atomic E-state index is 0.0108. The number of amides is 2. The van der Waals surface area contributed by atoms with Crippen molar-refractivity contribution in [2.75, 3.05) is 11.9 Å². The molecule has 1 fully saturated rings. The number of carbonyl (C=O) groups excluding carboxylic acids is 1. The van der Waals surface area contributed by atoms with Gasteiger partial charge in [0.05, 0.1) is 6.04 Å². The molecule has 3 rings (SSSR count). The van der Waals surface area contributed by atoms with Gasteiger partial charge in [-0.15, -0.1) is 0 Å². The summed E-state index contributed by atoms with van der Waals surface area (Å²) in [4.78, 5) is 14.8. The first kappa shape index (κ1) is 15.6. The Kier molecular flexibility index (Phi) is 4.65. The molecule has 0 radical (unpaired) electrons. The maximum absolute atomic E-state index is 12.8. The van der Waals surface area contributed by atoms with Gasteiger partial charge in [-0.05, 0) is 48.9 Å². The van der Waals surface area contributed by atoms with Crippen LogP contribution in [-0.4, -0.2) is 17.5 Å². The Bertz CT molecular complexity index is 696. The van der Waals surface area contributed by atoms with Gasteiger partial charge in [-0.3, -0.25) is 0 Å². The van der Waals surface area contributed by atoms with Gasteiger partial charge in [-0.25, -0.2) is 4.79 Å². The number of urea groups is 1. The third-order valence-electron chi connectivity index (χ3n) is 4.70. The molecule has 1 N–H and O–H groups in total. The lowest BCUT2D eigenvalue weighted by molar-refractivity contribution is 0.207. The SMILES string of the molecule is CCc1ccccc1NC(=O)N1CCC[C@H]1c1ccccc1C. The number of nitrogens with one attached hydrogen (secondary N) is 1. The largest absolute Gasteiger partial charge is 0.322 e. The number of hydrogen-bond donors (Lipinski definition) is 1. The second-order valence-corrected chi connectivity index (χ2v) is 6.15. The molecule has 1 aliphatic rings. The Morgan fingerprint density at radius 3 is 2.70 bits per heavy atom. The molecule has 0 bridgehead atoms. The van der Waals surface area contributed by atoms with Crippen molar-refractivity contribution in [3.05, 3.63) is 65.2 Å². The standard InChI is InChI=1S/C20H24N2O/c1-3-16-10-5-7-12-18(16)21-20(23)22-14-8-13-19(22)17-11-6-4-9-15(17)2/h4-7,9-12,19H,3,8,13-14H2,1-2H3,(H,21,23)/t19-/m0/s1. The van der Waals surface area contributed by atoms with E-state index in [1.165, 1.54) is 16.7 Å². The minimum Gasteiger partial charge on any atom is -0.317 e. The predicted octanol–water partition coefficient (Wildman–Crippen LogP) is 4.93. The van der Waals surface area contributed by atoms with Crippen LogP contribution in [0.5, 0.6) is 0 Å². The fraction of sp³-hybridized carbons (Fsp3) is 0.350. The zero-order chi connectivity index (χ0) is 16.2. The van der Waals surface area contributed by atoms with E-state index in [4.69, 9.17) is 0 Å². The number of rotatable bonds is 3. The second-order valence-electron chi connectivity index (χ2n) is 6.15. The van der Waals surface area contributed by atoms with Gasteiger partial charge in [0.15, 0.2) is 0 Å². The van der Waals surface area contributed by atoms with Crippen molar-refractivity contribution in [3.63, 3.8) is 0 Å². The van der Waals surface area contributed by atoms with Crippen molar-refractivity contribution in [1.29, 1.82) is 0 Å². The zero-order valence-corrected chi connectivity index (χ0v) is 13.9. The molecule has 23 heavy (non-hydrogen) atoms. The lowest BCUT2D eigenvalue weighted by Gasteiger charge is -2.27. The normalized spacial score (nSPS) is 17.3. The number of hydrogen-bond acceptors (Lipinski definition) is 1. The van der Waals surface area contributed by atoms with Gasteiger partial charge in [0, 0.05) is 12.2 Å². The minimum absolute atomic E-state index is 0.0108. The summed E-state index contributed by atoms with van der Waals surface area (Å²) in [5, 5.41) is 3.11. The van der Waals surface area contributed by atoms with E-state index in [-0.39, 0.29) is 12.1 Å². The van der Waals surface area contributed by atoms with Crippen LogP contribution in [0, 0.1) is 6.92 Å². The zero-order valence-electron chi connectivity index (χ0n) is 13.9. The number of aryl methyl sites for hydroxylation is 2. The van der Waals surface area contributed by atoms with Gasteiger partial charge in [0.25, 0.3) is 0 Å². The van der Waals surface area contributed by atoms with Crippen molar-refractivity contribution < 1.29 is 4.79 Å². The summed E-state index contributed by atoms with van der Waals surface area (Å²) in [7, 11) is 0. The number of para-hydroxylation sites is 1. The summed E-state index contributed by atoms with van der Waals surface area (Å²) >= 11 is 0. The topological polar surface area (TPSA) is 32.3 Å². The number of anilines is 1. The van der Waals surface area contributed by atoms with Crippen molar-refractivity contribution >= 4 is 11.7 Å². The summed E-state index contributed by atoms with van der Waals surface area (Å²) in [5.74, 6) is 0. The summed E-state index contributed by atoms with van der Waals surface area (Å²) in [5.41, 5.74) is 4.62. The summed E-state index contributed by atoms with van der Waals surface area (Å²) in [6, 6.07) is 16.6. The van der Waals surface area contributed by atoms with E-state index < -0.39 is 0 Å². The van der Waals surface area contributed by atoms with Crippen LogP contribution in [0.3, 0.4) is 0 Å². The molecule has 1 saturated heterocycles. The van der Waals surface area contributed by atoms with Crippen LogP contribution in [0.1, 0.15) is 42.5 Å². The van der Waals surface area contributed by atoms with Crippen molar-refractivity contribution in [2.45, 2.75) is 39.2 Å². The molecule has 1 heterocycles. The summed E-state index contributed by atoms with van der Waals surface area (Å²) < 4.78 is 0. The van der Waals surface area contributed by atoms with Gasteiger partial charge in [-0.2, -0.15) is 0 Å². The van der Waals surface area contributed by atoms with Crippen LogP contribution in [0.4, 0.5) is 10.5 Å². The van der Waals surface area contributed by atoms with Gasteiger partial charge < -0.3 is 10.2 Å². The van der Waals surface area contributed by atoms with Crippen molar-refractivity contribution in [3.8, 4) is 0 Å². The lowest BCUT2D eigenvalue weighted by atomic mass is 9.99. The molecule has 1 atom stereocenters. The molecule has 3 nitrogen and oxygen atoms in total. The van der Waals surface area contributed by atoms with Crippen molar-refractivity contribution in [2.24, 2.45) is 0 Å². The van der Waals surface area contributed by atoms with Crippen LogP contribution in [-0.2, 0) is 6.42 Å². The highest BCUT2D eigenvalue weighted by Crippen LogP contribution is 2.34. The van der Waals surface area contributed by atoms with E-state index in [0.29, 0.717) is 0 Å². The van der Waals surface area contributed by atoms with Crippen molar-refractivity contribution in [1.82, 2.24) is 4.90 Å². The molecule has 2 aromatic carbocycles. The first-order chi connectivity index (χ1) is 11.2. The highest BCUT2D eigenvalue weighted by molar-refractivity contribution is 5.90. The fourth-order valence-corrected chi connectivity index (χ4v) is 3.43. The quantitative estimate of drug-likeness (QED) is 0.857. The molecule has 3 heteroatoms. The molecule has 2 amide bonds. The summed E-state index contributed by atoms with van der Waals surface area (Å²) in [6.45, 7) is 5.05. The van der Waals surface area contributed by atoms with Crippen LogP contribution >= 0.6 is 0 Å². The molecule has 120 valence electrons. The Labute approximate surface area is 138 Å². The molecule has 0 aliphatic carbocycles. The van der Waals surface area contributed by atoms with Crippen LogP contribution in [0.25, 0.3) is 0 Å². The van der Waals surface area contributed by atoms with Crippen LogP contribution in [0.15, 0.2) is 48.5 Å². The van der Waals surface area contributed by atoms with Crippen LogP contribution < -0.4 is 5.32 Å². The number of carbonyl (C=O) groups is 1. The number of likely N-dealkylation sites (tertiary alicyclic amines) is 1. The van der Waals surface area contributed by atoms with E-state index >= 15 is 0 Å².